The van der Waals surface area contributed by atoms with Crippen LogP contribution in [-0.4, -0.2) is 10.9 Å². The quantitative estimate of drug-likeness (QED) is 0.757. The molecular formula is C17H13ClN2OS. The van der Waals surface area contributed by atoms with Gasteiger partial charge in [-0.2, -0.15) is 0 Å². The van der Waals surface area contributed by atoms with Crippen LogP contribution in [0.1, 0.15) is 5.69 Å². The molecule has 0 unspecified atom stereocenters. The van der Waals surface area contributed by atoms with Crippen LogP contribution in [0.2, 0.25) is 5.02 Å². The third-order valence-electron chi connectivity index (χ3n) is 3.06. The van der Waals surface area contributed by atoms with Crippen molar-refractivity contribution in [2.75, 3.05) is 5.32 Å². The molecule has 3 nitrogen and oxygen atoms in total. The molecule has 0 aliphatic rings. The Bertz CT molecular complexity index is 786. The molecule has 3 rings (SSSR count). The third-order valence-corrected chi connectivity index (χ3v) is 4.33. The minimum atomic E-state index is -0.127. The van der Waals surface area contributed by atoms with Gasteiger partial charge in [-0.05, 0) is 12.1 Å². The van der Waals surface area contributed by atoms with Gasteiger partial charge in [0.2, 0.25) is 5.91 Å². The summed E-state index contributed by atoms with van der Waals surface area (Å²) in [7, 11) is 0. The highest BCUT2D eigenvalue weighted by molar-refractivity contribution is 7.13. The Labute approximate surface area is 137 Å². The van der Waals surface area contributed by atoms with Crippen LogP contribution in [-0.2, 0) is 11.2 Å². The van der Waals surface area contributed by atoms with E-state index in [0.717, 1.165) is 16.3 Å². The van der Waals surface area contributed by atoms with Crippen molar-refractivity contribution in [2.45, 2.75) is 6.42 Å². The maximum Gasteiger partial charge on any atom is 0.230 e. The summed E-state index contributed by atoms with van der Waals surface area (Å²) in [6.45, 7) is 0. The molecule has 0 saturated heterocycles. The van der Waals surface area contributed by atoms with Crippen LogP contribution in [0.4, 0.5) is 5.69 Å². The van der Waals surface area contributed by atoms with Crippen molar-refractivity contribution in [1.82, 2.24) is 4.98 Å². The standard InChI is InChI=1S/C17H13ClN2OS/c18-14-8-4-5-9-15(14)20-16(21)10-13-11-22-17(19-13)12-6-2-1-3-7-12/h1-9,11H,10H2,(H,20,21). The molecule has 110 valence electrons. The second-order valence-electron chi connectivity index (χ2n) is 4.71. The first-order chi connectivity index (χ1) is 10.7. The number of benzene rings is 2. The Hall–Kier alpha value is -2.17. The number of nitrogens with one attached hydrogen (secondary N) is 1. The van der Waals surface area contributed by atoms with Crippen LogP contribution in [0, 0.1) is 0 Å². The lowest BCUT2D eigenvalue weighted by atomic mass is 10.2. The lowest BCUT2D eigenvalue weighted by molar-refractivity contribution is -0.115. The molecule has 22 heavy (non-hydrogen) atoms. The first-order valence-electron chi connectivity index (χ1n) is 6.76. The van der Waals surface area contributed by atoms with Crippen LogP contribution < -0.4 is 5.32 Å². The SMILES string of the molecule is O=C(Cc1csc(-c2ccccc2)n1)Nc1ccccc1Cl. The summed E-state index contributed by atoms with van der Waals surface area (Å²) in [4.78, 5) is 16.6. The molecule has 0 aliphatic carbocycles. The van der Waals surface area contributed by atoms with Crippen molar-refractivity contribution in [3.8, 4) is 10.6 Å². The minimum absolute atomic E-state index is 0.127. The smallest absolute Gasteiger partial charge is 0.230 e. The van der Waals surface area contributed by atoms with Gasteiger partial charge in [-0.1, -0.05) is 54.1 Å². The predicted octanol–water partition coefficient (Wildman–Crippen LogP) is 4.64. The molecular weight excluding hydrogens is 316 g/mol. The molecule has 1 aromatic heterocycles. The largest absolute Gasteiger partial charge is 0.324 e. The van der Waals surface area contributed by atoms with E-state index < -0.39 is 0 Å². The molecule has 0 saturated carbocycles. The maximum absolute atomic E-state index is 12.1. The predicted molar refractivity (Wildman–Crippen MR) is 91.3 cm³/mol. The van der Waals surface area contributed by atoms with Crippen LogP contribution in [0.5, 0.6) is 0 Å². The van der Waals surface area contributed by atoms with Crippen LogP contribution in [0.15, 0.2) is 60.0 Å². The van der Waals surface area contributed by atoms with Crippen molar-refractivity contribution in [1.29, 1.82) is 0 Å². The molecule has 0 bridgehead atoms. The highest BCUT2D eigenvalue weighted by Crippen LogP contribution is 2.24. The first kappa shape index (κ1) is 14.8. The zero-order chi connectivity index (χ0) is 15.4. The molecule has 5 heteroatoms. The van der Waals surface area contributed by atoms with Crippen molar-refractivity contribution in [3.63, 3.8) is 0 Å². The summed E-state index contributed by atoms with van der Waals surface area (Å²) in [6, 6.07) is 17.1. The fourth-order valence-electron chi connectivity index (χ4n) is 2.02. The average molecular weight is 329 g/mol. The Morgan fingerprint density at radius 1 is 1.09 bits per heavy atom. The summed E-state index contributed by atoms with van der Waals surface area (Å²) in [6.07, 6.45) is 0.231. The van der Waals surface area contributed by atoms with E-state index in [1.165, 1.54) is 11.3 Å². The Balaban J connectivity index is 1.68. The monoisotopic (exact) mass is 328 g/mol. The topological polar surface area (TPSA) is 42.0 Å². The summed E-state index contributed by atoms with van der Waals surface area (Å²) in [5.74, 6) is -0.127. The van der Waals surface area contributed by atoms with Gasteiger partial charge in [0.1, 0.15) is 5.01 Å². The van der Waals surface area contributed by atoms with Gasteiger partial charge in [-0.25, -0.2) is 4.98 Å². The molecule has 0 atom stereocenters. The number of para-hydroxylation sites is 1. The number of hydrogen-bond donors (Lipinski definition) is 1. The van der Waals surface area contributed by atoms with Crippen molar-refractivity contribution >= 4 is 34.5 Å². The van der Waals surface area contributed by atoms with E-state index in [1.807, 2.05) is 47.8 Å². The van der Waals surface area contributed by atoms with Gasteiger partial charge in [-0.15, -0.1) is 11.3 Å². The van der Waals surface area contributed by atoms with E-state index in [1.54, 1.807) is 12.1 Å². The summed E-state index contributed by atoms with van der Waals surface area (Å²) < 4.78 is 0. The lowest BCUT2D eigenvalue weighted by Crippen LogP contribution is -2.14. The number of aromatic nitrogens is 1. The van der Waals surface area contributed by atoms with Crippen molar-refractivity contribution in [2.24, 2.45) is 0 Å². The van der Waals surface area contributed by atoms with E-state index in [0.29, 0.717) is 10.7 Å². The Morgan fingerprint density at radius 2 is 1.82 bits per heavy atom. The van der Waals surface area contributed by atoms with Gasteiger partial charge in [0.15, 0.2) is 0 Å². The second-order valence-corrected chi connectivity index (χ2v) is 5.98. The Morgan fingerprint density at radius 3 is 2.59 bits per heavy atom. The van der Waals surface area contributed by atoms with E-state index in [9.17, 15) is 4.79 Å². The Kier molecular flexibility index (Phi) is 4.51. The number of halogens is 1. The number of thiazole rings is 1. The molecule has 0 spiro atoms. The minimum Gasteiger partial charge on any atom is -0.324 e. The fourth-order valence-corrected chi connectivity index (χ4v) is 3.03. The van der Waals surface area contributed by atoms with Gasteiger partial charge >= 0.3 is 0 Å². The molecule has 1 amide bonds. The van der Waals surface area contributed by atoms with Gasteiger partial charge in [-0.3, -0.25) is 4.79 Å². The maximum atomic E-state index is 12.1. The molecule has 0 aliphatic heterocycles. The van der Waals surface area contributed by atoms with Crippen molar-refractivity contribution < 1.29 is 4.79 Å². The van der Waals surface area contributed by atoms with E-state index in [-0.39, 0.29) is 12.3 Å². The van der Waals surface area contributed by atoms with Crippen LogP contribution in [0.25, 0.3) is 10.6 Å². The molecule has 1 N–H and O–H groups in total. The molecule has 2 aromatic carbocycles. The van der Waals surface area contributed by atoms with Gasteiger partial charge in [0.05, 0.1) is 22.8 Å². The molecule has 0 fully saturated rings. The number of amides is 1. The average Bonchev–Trinajstić information content (AvgIpc) is 2.99. The molecule has 1 heterocycles. The fraction of sp³-hybridized carbons (Fsp3) is 0.0588. The summed E-state index contributed by atoms with van der Waals surface area (Å²) in [5, 5.41) is 6.16. The lowest BCUT2D eigenvalue weighted by Gasteiger charge is -2.05. The number of carbonyl (C=O) groups is 1. The van der Waals surface area contributed by atoms with Crippen LogP contribution >= 0.6 is 22.9 Å². The number of anilines is 1. The number of rotatable bonds is 4. The highest BCUT2D eigenvalue weighted by atomic mass is 35.5. The van der Waals surface area contributed by atoms with Crippen molar-refractivity contribution in [3.05, 3.63) is 70.7 Å². The number of hydrogen-bond acceptors (Lipinski definition) is 3. The molecule has 3 aromatic rings. The third kappa shape index (κ3) is 3.53. The zero-order valence-electron chi connectivity index (χ0n) is 11.6. The van der Waals surface area contributed by atoms with E-state index >= 15 is 0 Å². The van der Waals surface area contributed by atoms with Crippen LogP contribution in [0.3, 0.4) is 0 Å². The second kappa shape index (κ2) is 6.73. The highest BCUT2D eigenvalue weighted by Gasteiger charge is 2.10. The number of nitrogens with zero attached hydrogens (tertiary/aromatic N) is 1. The zero-order valence-corrected chi connectivity index (χ0v) is 13.2. The van der Waals surface area contributed by atoms with Gasteiger partial charge in [0, 0.05) is 10.9 Å². The summed E-state index contributed by atoms with van der Waals surface area (Å²) in [5.41, 5.74) is 2.44. The van der Waals surface area contributed by atoms with E-state index in [4.69, 9.17) is 11.6 Å². The normalized spacial score (nSPS) is 10.4. The molecule has 0 radical (unpaired) electrons. The van der Waals surface area contributed by atoms with E-state index in [2.05, 4.69) is 10.3 Å². The number of carbonyl (C=O) groups excluding carboxylic acids is 1. The summed E-state index contributed by atoms with van der Waals surface area (Å²) >= 11 is 7.56. The first-order valence-corrected chi connectivity index (χ1v) is 8.02. The van der Waals surface area contributed by atoms with Gasteiger partial charge in [0.25, 0.3) is 0 Å². The van der Waals surface area contributed by atoms with Gasteiger partial charge < -0.3 is 5.32 Å².